The number of rotatable bonds is 7. The van der Waals surface area contributed by atoms with E-state index in [1.807, 2.05) is 13.0 Å². The number of esters is 1. The highest BCUT2D eigenvalue weighted by Gasteiger charge is 2.48. The molecule has 30 heavy (non-hydrogen) atoms. The zero-order valence-electron chi connectivity index (χ0n) is 17.4. The van der Waals surface area contributed by atoms with Gasteiger partial charge in [-0.1, -0.05) is 31.2 Å². The van der Waals surface area contributed by atoms with Crippen molar-refractivity contribution >= 4 is 11.8 Å². The van der Waals surface area contributed by atoms with Crippen molar-refractivity contribution in [1.29, 1.82) is 0 Å². The average Bonchev–Trinajstić information content (AvgIpc) is 3.30. The Morgan fingerprint density at radius 3 is 2.70 bits per heavy atom. The molecule has 2 aromatic carbocycles. The summed E-state index contributed by atoms with van der Waals surface area (Å²) in [6.07, 6.45) is 3.35. The van der Waals surface area contributed by atoms with Gasteiger partial charge in [-0.15, -0.1) is 0 Å². The number of likely N-dealkylation sites (tertiary alicyclic amines) is 1. The summed E-state index contributed by atoms with van der Waals surface area (Å²) in [5.41, 5.74) is 3.05. The number of ether oxygens (including phenoxy) is 1. The number of carbonyl (C=O) groups is 2. The van der Waals surface area contributed by atoms with E-state index in [-0.39, 0.29) is 29.1 Å². The molecule has 1 saturated heterocycles. The molecular formula is C25H28FNO3. The molecule has 158 valence electrons. The van der Waals surface area contributed by atoms with Crippen LogP contribution in [0.15, 0.2) is 48.5 Å². The highest BCUT2D eigenvalue weighted by molar-refractivity contribution is 5.95. The fraction of sp³-hybridized carbons (Fsp3) is 0.440. The van der Waals surface area contributed by atoms with E-state index in [2.05, 4.69) is 23.1 Å². The summed E-state index contributed by atoms with van der Waals surface area (Å²) in [5.74, 6) is -0.420. The van der Waals surface area contributed by atoms with Crippen LogP contribution < -0.4 is 0 Å². The number of hydrogen-bond acceptors (Lipinski definition) is 4. The molecule has 0 bridgehead atoms. The average molecular weight is 410 g/mol. The van der Waals surface area contributed by atoms with Gasteiger partial charge in [-0.25, -0.2) is 4.39 Å². The number of nitrogens with zero attached hydrogens (tertiary/aromatic N) is 1. The van der Waals surface area contributed by atoms with E-state index < -0.39 is 0 Å². The number of halogens is 1. The number of carbonyl (C=O) groups excluding carboxylic acids is 2. The normalized spacial score (nSPS) is 22.9. The molecule has 1 spiro atoms. The maximum atomic E-state index is 13.0. The Hall–Kier alpha value is -2.53. The highest BCUT2D eigenvalue weighted by atomic mass is 19.1. The molecule has 0 aromatic heterocycles. The molecule has 1 heterocycles. The van der Waals surface area contributed by atoms with E-state index >= 15 is 0 Å². The molecule has 2 aliphatic rings. The zero-order chi connectivity index (χ0) is 21.1. The highest BCUT2D eigenvalue weighted by Crippen LogP contribution is 2.51. The number of hydrogen-bond donors (Lipinski definition) is 0. The third kappa shape index (κ3) is 4.17. The molecule has 1 aliphatic carbocycles. The van der Waals surface area contributed by atoms with E-state index in [4.69, 9.17) is 4.74 Å². The third-order valence-electron chi connectivity index (χ3n) is 6.49. The van der Waals surface area contributed by atoms with Gasteiger partial charge in [0.1, 0.15) is 11.9 Å². The maximum absolute atomic E-state index is 13.0. The second-order valence-corrected chi connectivity index (χ2v) is 8.46. The van der Waals surface area contributed by atoms with Crippen LogP contribution in [-0.4, -0.2) is 36.3 Å². The van der Waals surface area contributed by atoms with Gasteiger partial charge >= 0.3 is 5.97 Å². The molecule has 1 fully saturated rings. The van der Waals surface area contributed by atoms with E-state index in [9.17, 15) is 14.0 Å². The lowest BCUT2D eigenvalue weighted by Gasteiger charge is -2.26. The predicted octanol–water partition coefficient (Wildman–Crippen LogP) is 4.83. The van der Waals surface area contributed by atoms with Crippen LogP contribution >= 0.6 is 0 Å². The molecular weight excluding hydrogens is 381 g/mol. The lowest BCUT2D eigenvalue weighted by Crippen LogP contribution is -2.30. The third-order valence-corrected chi connectivity index (χ3v) is 6.49. The molecule has 2 unspecified atom stereocenters. The quantitative estimate of drug-likeness (QED) is 0.485. The largest absolute Gasteiger partial charge is 0.457 e. The lowest BCUT2D eigenvalue weighted by molar-refractivity contribution is -0.149. The fourth-order valence-electron chi connectivity index (χ4n) is 4.96. The molecule has 0 amide bonds. The van der Waals surface area contributed by atoms with E-state index in [1.165, 1.54) is 17.7 Å². The molecule has 4 nitrogen and oxygen atoms in total. The van der Waals surface area contributed by atoms with E-state index in [0.717, 1.165) is 44.5 Å². The first-order valence-corrected chi connectivity index (χ1v) is 10.8. The van der Waals surface area contributed by atoms with Crippen molar-refractivity contribution in [1.82, 2.24) is 4.90 Å². The second-order valence-electron chi connectivity index (χ2n) is 8.46. The number of benzene rings is 2. The summed E-state index contributed by atoms with van der Waals surface area (Å²) in [6, 6.07) is 14.1. The van der Waals surface area contributed by atoms with Crippen molar-refractivity contribution in [3.63, 3.8) is 0 Å². The Morgan fingerprint density at radius 1 is 1.17 bits per heavy atom. The Bertz CT molecular complexity index is 926. The first-order valence-electron chi connectivity index (χ1n) is 10.8. The van der Waals surface area contributed by atoms with Crippen molar-refractivity contribution in [2.75, 3.05) is 19.6 Å². The van der Waals surface area contributed by atoms with Crippen molar-refractivity contribution in [2.45, 2.75) is 50.5 Å². The molecule has 0 radical (unpaired) electrons. The van der Waals surface area contributed by atoms with Gasteiger partial charge in [0, 0.05) is 30.4 Å². The van der Waals surface area contributed by atoms with Crippen LogP contribution in [0.25, 0.3) is 0 Å². The minimum Gasteiger partial charge on any atom is -0.457 e. The van der Waals surface area contributed by atoms with Gasteiger partial charge in [0.2, 0.25) is 0 Å². The van der Waals surface area contributed by atoms with Gasteiger partial charge in [0.15, 0.2) is 5.78 Å². The first-order chi connectivity index (χ1) is 14.5. The molecule has 1 aliphatic heterocycles. The first kappa shape index (κ1) is 20.7. The molecule has 5 heteroatoms. The molecule has 4 rings (SSSR count). The number of fused-ring (bicyclic) bond motifs is 2. The molecule has 2 atom stereocenters. The lowest BCUT2D eigenvalue weighted by atomic mass is 9.81. The summed E-state index contributed by atoms with van der Waals surface area (Å²) in [7, 11) is 0. The van der Waals surface area contributed by atoms with Gasteiger partial charge in [-0.3, -0.25) is 9.59 Å². The topological polar surface area (TPSA) is 46.6 Å². The second kappa shape index (κ2) is 8.68. The Morgan fingerprint density at radius 2 is 1.93 bits per heavy atom. The molecule has 2 aromatic rings. The Kier molecular flexibility index (Phi) is 6.00. The summed E-state index contributed by atoms with van der Waals surface area (Å²) in [6.45, 7) is 4.59. The van der Waals surface area contributed by atoms with E-state index in [0.29, 0.717) is 18.4 Å². The summed E-state index contributed by atoms with van der Waals surface area (Å²) < 4.78 is 18.8. The van der Waals surface area contributed by atoms with Crippen LogP contribution in [0.5, 0.6) is 0 Å². The fourth-order valence-corrected chi connectivity index (χ4v) is 4.96. The summed E-state index contributed by atoms with van der Waals surface area (Å²) in [4.78, 5) is 26.6. The van der Waals surface area contributed by atoms with Crippen LogP contribution in [0.3, 0.4) is 0 Å². The standard InChI is InChI=1S/C25H28FNO3/c1-2-24(29)30-23-16-25(21-7-4-3-6-20(21)23)13-15-27(17-25)14-5-8-22(28)18-9-11-19(26)12-10-18/h3-4,6-7,9-12,23H,2,5,8,13-17H2,1H3. The number of Topliss-reactive ketones (excluding diaryl/α,β-unsaturated/α-hetero) is 1. The van der Waals surface area contributed by atoms with Gasteiger partial charge < -0.3 is 9.64 Å². The minimum absolute atomic E-state index is 0.0241. The van der Waals surface area contributed by atoms with Crippen molar-refractivity contribution < 1.29 is 18.7 Å². The number of ketones is 1. The van der Waals surface area contributed by atoms with Gasteiger partial charge in [-0.05, 0) is 67.7 Å². The molecule has 0 N–H and O–H groups in total. The minimum atomic E-state index is -0.325. The van der Waals surface area contributed by atoms with Gasteiger partial charge in [0.25, 0.3) is 0 Å². The van der Waals surface area contributed by atoms with E-state index in [1.54, 1.807) is 12.1 Å². The monoisotopic (exact) mass is 409 g/mol. The Labute approximate surface area is 177 Å². The van der Waals surface area contributed by atoms with Crippen LogP contribution in [0.1, 0.15) is 66.6 Å². The zero-order valence-corrected chi connectivity index (χ0v) is 17.4. The summed E-state index contributed by atoms with van der Waals surface area (Å²) in [5, 5.41) is 0. The van der Waals surface area contributed by atoms with Crippen LogP contribution in [0.4, 0.5) is 4.39 Å². The van der Waals surface area contributed by atoms with Crippen molar-refractivity contribution in [2.24, 2.45) is 0 Å². The van der Waals surface area contributed by atoms with Gasteiger partial charge in [0.05, 0.1) is 0 Å². The van der Waals surface area contributed by atoms with Gasteiger partial charge in [-0.2, -0.15) is 0 Å². The van der Waals surface area contributed by atoms with Crippen LogP contribution in [0.2, 0.25) is 0 Å². The predicted molar refractivity (Wildman–Crippen MR) is 113 cm³/mol. The van der Waals surface area contributed by atoms with Crippen LogP contribution in [0, 0.1) is 5.82 Å². The molecule has 0 saturated carbocycles. The van der Waals surface area contributed by atoms with Crippen molar-refractivity contribution in [3.8, 4) is 0 Å². The Balaban J connectivity index is 1.36. The SMILES string of the molecule is CCC(=O)OC1CC2(CCN(CCCC(=O)c3ccc(F)cc3)C2)c2ccccc21. The van der Waals surface area contributed by atoms with Crippen molar-refractivity contribution in [3.05, 3.63) is 71.0 Å². The van der Waals surface area contributed by atoms with Crippen LogP contribution in [-0.2, 0) is 14.9 Å². The smallest absolute Gasteiger partial charge is 0.306 e. The maximum Gasteiger partial charge on any atom is 0.306 e. The summed E-state index contributed by atoms with van der Waals surface area (Å²) >= 11 is 0.